The molecule has 69 heavy (non-hydrogen) atoms. The van der Waals surface area contributed by atoms with Crippen LogP contribution < -0.4 is 5.32 Å². The van der Waals surface area contributed by atoms with E-state index in [9.17, 15) is 25.2 Å². The molecule has 0 aliphatic carbocycles. The molecule has 0 saturated carbocycles. The number of carbonyl (C=O) groups excluding carboxylic acids is 1. The van der Waals surface area contributed by atoms with E-state index in [1.807, 2.05) is 0 Å². The monoisotopic (exact) mass is 978 g/mol. The van der Waals surface area contributed by atoms with Crippen LogP contribution in [0.15, 0.2) is 0 Å². The first kappa shape index (κ1) is 68.3. The van der Waals surface area contributed by atoms with Gasteiger partial charge >= 0.3 is 0 Å². The molecule has 0 aromatic heterocycles. The fraction of sp³-hybridized carbons (Fsp3) is 0.984. The Kier molecular flexibility index (Phi) is 57.6. The molecule has 0 saturated heterocycles. The van der Waals surface area contributed by atoms with E-state index in [0.717, 1.165) is 38.5 Å². The van der Waals surface area contributed by atoms with Gasteiger partial charge in [-0.25, -0.2) is 0 Å². The zero-order valence-corrected chi connectivity index (χ0v) is 47.1. The third-order valence-electron chi connectivity index (χ3n) is 15.6. The van der Waals surface area contributed by atoms with E-state index in [1.54, 1.807) is 0 Å². The number of carbonyl (C=O) groups is 1. The van der Waals surface area contributed by atoms with Crippen molar-refractivity contribution in [3.8, 4) is 0 Å². The number of aliphatic hydroxyl groups is 4. The van der Waals surface area contributed by atoms with E-state index in [0.29, 0.717) is 12.8 Å². The van der Waals surface area contributed by atoms with Crippen molar-refractivity contribution in [2.24, 2.45) is 0 Å². The first-order valence-corrected chi connectivity index (χ1v) is 31.9. The molecule has 0 fully saturated rings. The van der Waals surface area contributed by atoms with Gasteiger partial charge in [-0.15, -0.1) is 0 Å². The fourth-order valence-corrected chi connectivity index (χ4v) is 10.6. The lowest BCUT2D eigenvalue weighted by atomic mass is 9.99. The number of rotatable bonds is 60. The molecule has 414 valence electrons. The highest BCUT2D eigenvalue weighted by atomic mass is 16.3. The van der Waals surface area contributed by atoms with Gasteiger partial charge < -0.3 is 25.7 Å². The molecule has 6 nitrogen and oxygen atoms in total. The largest absolute Gasteiger partial charge is 0.394 e. The molecule has 4 unspecified atom stereocenters. The minimum atomic E-state index is -1.26. The number of nitrogens with one attached hydrogen (secondary N) is 1. The molecule has 0 aliphatic heterocycles. The maximum Gasteiger partial charge on any atom is 0.249 e. The van der Waals surface area contributed by atoms with Gasteiger partial charge in [0.05, 0.1) is 18.8 Å². The van der Waals surface area contributed by atoms with Gasteiger partial charge in [-0.3, -0.25) is 4.79 Å². The number of amides is 1. The van der Waals surface area contributed by atoms with E-state index in [4.69, 9.17) is 0 Å². The van der Waals surface area contributed by atoms with E-state index in [-0.39, 0.29) is 0 Å². The molecule has 5 N–H and O–H groups in total. The van der Waals surface area contributed by atoms with Crippen molar-refractivity contribution < 1.29 is 25.2 Å². The van der Waals surface area contributed by atoms with Crippen molar-refractivity contribution in [3.63, 3.8) is 0 Å². The summed E-state index contributed by atoms with van der Waals surface area (Å²) in [6.07, 6.45) is 69.1. The Labute approximate surface area is 432 Å². The first-order valence-electron chi connectivity index (χ1n) is 31.9. The smallest absolute Gasteiger partial charge is 0.249 e. The molecule has 4 atom stereocenters. The van der Waals surface area contributed by atoms with Gasteiger partial charge in [-0.1, -0.05) is 354 Å². The molecule has 0 radical (unpaired) electrons. The summed E-state index contributed by atoms with van der Waals surface area (Å²) in [5, 5.41) is 44.2. The number of aliphatic hydroxyl groups excluding tert-OH is 4. The van der Waals surface area contributed by atoms with Gasteiger partial charge in [0.15, 0.2) is 0 Å². The van der Waals surface area contributed by atoms with Crippen LogP contribution >= 0.6 is 0 Å². The quantitative estimate of drug-likeness (QED) is 0.0390. The summed E-state index contributed by atoms with van der Waals surface area (Å²) in [7, 11) is 0. The van der Waals surface area contributed by atoms with Crippen molar-refractivity contribution in [3.05, 3.63) is 0 Å². The molecular formula is C63H127NO5. The Morgan fingerprint density at radius 3 is 0.696 bits per heavy atom. The molecule has 0 aromatic rings. The Hall–Kier alpha value is -0.690. The molecule has 0 rings (SSSR count). The minimum absolute atomic E-state index is 0.377. The normalized spacial score (nSPS) is 13.5. The van der Waals surface area contributed by atoms with Crippen molar-refractivity contribution >= 4 is 5.91 Å². The Bertz CT molecular complexity index is 964. The minimum Gasteiger partial charge on any atom is -0.394 e. The van der Waals surface area contributed by atoms with Crippen LogP contribution in [0, 0.1) is 0 Å². The van der Waals surface area contributed by atoms with Crippen molar-refractivity contribution in [1.29, 1.82) is 0 Å². The summed E-state index contributed by atoms with van der Waals surface area (Å²) in [6, 6.07) is -0.981. The number of hydrogen-bond acceptors (Lipinski definition) is 5. The van der Waals surface area contributed by atoms with Gasteiger partial charge in [-0.05, 0) is 12.8 Å². The summed E-state index contributed by atoms with van der Waals surface area (Å²) in [5.74, 6) is -0.574. The van der Waals surface area contributed by atoms with Crippen LogP contribution in [0.4, 0.5) is 0 Å². The maximum atomic E-state index is 12.6. The second-order valence-corrected chi connectivity index (χ2v) is 22.5. The highest BCUT2D eigenvalue weighted by molar-refractivity contribution is 5.80. The zero-order chi connectivity index (χ0) is 50.2. The van der Waals surface area contributed by atoms with Crippen LogP contribution in [0.25, 0.3) is 0 Å². The van der Waals surface area contributed by atoms with Crippen LogP contribution in [0.1, 0.15) is 367 Å². The standard InChI is InChI=1S/C63H127NO5/c1-3-5-7-9-11-13-15-17-19-21-23-25-27-29-30-31-32-33-35-37-39-41-43-45-47-49-51-53-55-57-61(67)63(69)64-59(58-65)62(68)60(66)56-54-52-50-48-46-44-42-40-38-36-34-28-26-24-22-20-18-16-14-12-10-8-6-4-2/h59-62,65-68H,3-58H2,1-2H3,(H,64,69). The van der Waals surface area contributed by atoms with Crippen LogP contribution in [0.5, 0.6) is 0 Å². The Morgan fingerprint density at radius 2 is 0.493 bits per heavy atom. The summed E-state index contributed by atoms with van der Waals surface area (Å²) in [5.41, 5.74) is 0. The Balaban J connectivity index is 3.53. The van der Waals surface area contributed by atoms with Gasteiger partial charge in [0.1, 0.15) is 12.2 Å². The lowest BCUT2D eigenvalue weighted by Gasteiger charge is -2.27. The van der Waals surface area contributed by atoms with E-state index < -0.39 is 36.9 Å². The van der Waals surface area contributed by atoms with Gasteiger partial charge in [-0.2, -0.15) is 0 Å². The van der Waals surface area contributed by atoms with Crippen LogP contribution in [0.3, 0.4) is 0 Å². The van der Waals surface area contributed by atoms with Crippen molar-refractivity contribution in [2.75, 3.05) is 6.61 Å². The number of unbranched alkanes of at least 4 members (excludes halogenated alkanes) is 51. The molecular weight excluding hydrogens is 851 g/mol. The molecule has 0 bridgehead atoms. The first-order chi connectivity index (χ1) is 34.0. The van der Waals surface area contributed by atoms with E-state index in [2.05, 4.69) is 19.2 Å². The highest BCUT2D eigenvalue weighted by Gasteiger charge is 2.28. The second kappa shape index (κ2) is 58.2. The molecule has 0 heterocycles. The molecule has 1 amide bonds. The predicted molar refractivity (Wildman–Crippen MR) is 302 cm³/mol. The Morgan fingerprint density at radius 1 is 0.304 bits per heavy atom. The predicted octanol–water partition coefficient (Wildman–Crippen LogP) is 19.0. The van der Waals surface area contributed by atoms with Crippen LogP contribution in [-0.2, 0) is 4.79 Å². The van der Waals surface area contributed by atoms with Gasteiger partial charge in [0.2, 0.25) is 5.91 Å². The third kappa shape index (κ3) is 52.0. The van der Waals surface area contributed by atoms with Crippen LogP contribution in [-0.4, -0.2) is 57.3 Å². The summed E-state index contributed by atoms with van der Waals surface area (Å²) < 4.78 is 0. The van der Waals surface area contributed by atoms with Gasteiger partial charge in [0.25, 0.3) is 0 Å². The lowest BCUT2D eigenvalue weighted by molar-refractivity contribution is -0.132. The summed E-state index contributed by atoms with van der Waals surface area (Å²) >= 11 is 0. The van der Waals surface area contributed by atoms with Crippen LogP contribution in [0.2, 0.25) is 0 Å². The highest BCUT2D eigenvalue weighted by Crippen LogP contribution is 2.20. The fourth-order valence-electron chi connectivity index (χ4n) is 10.6. The second-order valence-electron chi connectivity index (χ2n) is 22.5. The topological polar surface area (TPSA) is 110 Å². The summed E-state index contributed by atoms with van der Waals surface area (Å²) in [6.45, 7) is 4.11. The van der Waals surface area contributed by atoms with E-state index >= 15 is 0 Å². The molecule has 0 aliphatic rings. The van der Waals surface area contributed by atoms with E-state index in [1.165, 1.54) is 302 Å². The van der Waals surface area contributed by atoms with Crippen molar-refractivity contribution in [2.45, 2.75) is 391 Å². The number of hydrogen-bond donors (Lipinski definition) is 5. The molecule has 6 heteroatoms. The van der Waals surface area contributed by atoms with Crippen molar-refractivity contribution in [1.82, 2.24) is 5.32 Å². The average molecular weight is 979 g/mol. The lowest BCUT2D eigenvalue weighted by Crippen LogP contribution is -2.53. The zero-order valence-electron chi connectivity index (χ0n) is 47.1. The third-order valence-corrected chi connectivity index (χ3v) is 15.6. The average Bonchev–Trinajstić information content (AvgIpc) is 3.35. The van der Waals surface area contributed by atoms with Gasteiger partial charge in [0, 0.05) is 0 Å². The maximum absolute atomic E-state index is 12.6. The SMILES string of the molecule is CCCCCCCCCCCCCCCCCCCCCCCCCCCCCCCC(O)C(=O)NC(CO)C(O)C(O)CCCCCCCCCCCCCCCCCCCCCCCCCC. The summed E-state index contributed by atoms with van der Waals surface area (Å²) in [4.78, 5) is 12.6. The molecule has 0 spiro atoms. The molecule has 0 aromatic carbocycles.